The molecule has 2 heterocycles. The molecule has 0 saturated carbocycles. The van der Waals surface area contributed by atoms with Gasteiger partial charge in [-0.15, -0.1) is 0 Å². The Hall–Kier alpha value is -1.05. The molecule has 1 aromatic heterocycles. The van der Waals surface area contributed by atoms with Crippen LogP contribution in [0.3, 0.4) is 0 Å². The molecule has 2 rings (SSSR count). The minimum absolute atomic E-state index is 0.0640. The molecular formula is C14H22FN3O2S. The molecule has 5 nitrogen and oxygen atoms in total. The lowest BCUT2D eigenvalue weighted by molar-refractivity contribution is 0.275. The zero-order valence-corrected chi connectivity index (χ0v) is 13.1. The Bertz CT molecular complexity index is 534. The van der Waals surface area contributed by atoms with Gasteiger partial charge in [0.2, 0.25) is 0 Å². The van der Waals surface area contributed by atoms with Crippen LogP contribution in [-0.4, -0.2) is 56.0 Å². The summed E-state index contributed by atoms with van der Waals surface area (Å²) >= 11 is 0. The number of halogens is 1. The lowest BCUT2D eigenvalue weighted by Crippen LogP contribution is -2.41. The maximum atomic E-state index is 12.9. The zero-order valence-electron chi connectivity index (χ0n) is 12.3. The predicted octanol–water partition coefficient (Wildman–Crippen LogP) is 0.992. The molecule has 1 aliphatic heterocycles. The third-order valence-electron chi connectivity index (χ3n) is 3.73. The topological polar surface area (TPSA) is 62.3 Å². The second-order valence-electron chi connectivity index (χ2n) is 5.29. The Balaban J connectivity index is 1.90. The molecule has 118 valence electrons. The van der Waals surface area contributed by atoms with Crippen LogP contribution in [0.5, 0.6) is 0 Å². The molecule has 21 heavy (non-hydrogen) atoms. The normalized spacial score (nSPS) is 20.3. The molecule has 1 aliphatic rings. The first-order chi connectivity index (χ1) is 10.00. The van der Waals surface area contributed by atoms with Gasteiger partial charge in [0, 0.05) is 19.6 Å². The van der Waals surface area contributed by atoms with Crippen molar-refractivity contribution < 1.29 is 12.8 Å². The fraction of sp³-hybridized carbons (Fsp3) is 0.643. The van der Waals surface area contributed by atoms with Crippen molar-refractivity contribution in [1.29, 1.82) is 0 Å². The second-order valence-corrected chi connectivity index (χ2v) is 7.60. The summed E-state index contributed by atoms with van der Waals surface area (Å²) in [4.78, 5) is 6.29. The van der Waals surface area contributed by atoms with Gasteiger partial charge in [0.1, 0.15) is 5.82 Å². The van der Waals surface area contributed by atoms with Gasteiger partial charge in [0.25, 0.3) is 0 Å². The Morgan fingerprint density at radius 3 is 2.67 bits per heavy atom. The first-order valence-corrected chi connectivity index (χ1v) is 9.10. The second kappa shape index (κ2) is 7.29. The number of aromatic nitrogens is 1. The van der Waals surface area contributed by atoms with E-state index in [1.165, 1.54) is 12.3 Å². The first kappa shape index (κ1) is 16.3. The minimum Gasteiger partial charge on any atom is -0.309 e. The summed E-state index contributed by atoms with van der Waals surface area (Å²) in [7, 11) is -2.83. The molecule has 1 fully saturated rings. The highest BCUT2D eigenvalue weighted by Gasteiger charge is 2.22. The smallest absolute Gasteiger partial charge is 0.152 e. The van der Waals surface area contributed by atoms with Gasteiger partial charge in [0.05, 0.1) is 29.4 Å². The molecule has 1 aromatic rings. The highest BCUT2D eigenvalue weighted by Crippen LogP contribution is 2.16. The van der Waals surface area contributed by atoms with Gasteiger partial charge in [-0.1, -0.05) is 6.92 Å². The Morgan fingerprint density at radius 2 is 2.10 bits per heavy atom. The molecule has 1 saturated heterocycles. The number of nitrogens with one attached hydrogen (secondary N) is 1. The summed E-state index contributed by atoms with van der Waals surface area (Å²) < 4.78 is 35.7. The van der Waals surface area contributed by atoms with Crippen molar-refractivity contribution >= 4 is 9.84 Å². The van der Waals surface area contributed by atoms with Gasteiger partial charge >= 0.3 is 0 Å². The van der Waals surface area contributed by atoms with E-state index in [1.54, 1.807) is 6.07 Å². The van der Waals surface area contributed by atoms with E-state index in [9.17, 15) is 12.8 Å². The van der Waals surface area contributed by atoms with E-state index < -0.39 is 9.84 Å². The highest BCUT2D eigenvalue weighted by molar-refractivity contribution is 7.91. The van der Waals surface area contributed by atoms with Gasteiger partial charge in [-0.2, -0.15) is 0 Å². The van der Waals surface area contributed by atoms with E-state index in [1.807, 2.05) is 6.92 Å². The van der Waals surface area contributed by atoms with E-state index in [0.29, 0.717) is 13.1 Å². The Morgan fingerprint density at radius 1 is 1.38 bits per heavy atom. The number of nitrogens with zero attached hydrogens (tertiary/aromatic N) is 2. The van der Waals surface area contributed by atoms with Crippen molar-refractivity contribution in [2.45, 2.75) is 19.4 Å². The lowest BCUT2D eigenvalue weighted by Gasteiger charge is -2.28. The van der Waals surface area contributed by atoms with Crippen LogP contribution >= 0.6 is 0 Å². The molecule has 0 aromatic carbocycles. The maximum absolute atomic E-state index is 12.9. The third-order valence-corrected chi connectivity index (χ3v) is 5.34. The van der Waals surface area contributed by atoms with Crippen molar-refractivity contribution in [3.05, 3.63) is 29.8 Å². The molecule has 1 unspecified atom stereocenters. The number of sulfone groups is 1. The SMILES string of the molecule is CCNC(CCN1CCS(=O)(=O)CC1)c1ccc(F)cn1. The van der Waals surface area contributed by atoms with Crippen LogP contribution in [0.4, 0.5) is 4.39 Å². The molecule has 7 heteroatoms. The maximum Gasteiger partial charge on any atom is 0.152 e. The summed E-state index contributed by atoms with van der Waals surface area (Å²) in [6, 6.07) is 3.18. The standard InChI is InChI=1S/C14H22FN3O2S/c1-2-16-14(13-4-3-12(15)11-17-13)5-6-18-7-9-21(19,20)10-8-18/h3-4,11,14,16H,2,5-10H2,1H3. The average Bonchev–Trinajstić information content (AvgIpc) is 2.46. The van der Waals surface area contributed by atoms with Crippen molar-refractivity contribution in [1.82, 2.24) is 15.2 Å². The largest absolute Gasteiger partial charge is 0.309 e. The third kappa shape index (κ3) is 5.01. The predicted molar refractivity (Wildman–Crippen MR) is 80.3 cm³/mol. The summed E-state index contributed by atoms with van der Waals surface area (Å²) in [6.07, 6.45) is 2.06. The molecule has 0 bridgehead atoms. The molecule has 0 amide bonds. The van der Waals surface area contributed by atoms with Crippen molar-refractivity contribution in [3.8, 4) is 0 Å². The van der Waals surface area contributed by atoms with Gasteiger partial charge in [0.15, 0.2) is 9.84 Å². The quantitative estimate of drug-likeness (QED) is 0.848. The summed E-state index contributed by atoms with van der Waals surface area (Å²) in [6.45, 7) is 4.82. The van der Waals surface area contributed by atoms with Crippen LogP contribution in [0.1, 0.15) is 25.1 Å². The van der Waals surface area contributed by atoms with Crippen LogP contribution in [0.25, 0.3) is 0 Å². The molecule has 1 N–H and O–H groups in total. The Kier molecular flexibility index (Phi) is 5.66. The van der Waals surface area contributed by atoms with Crippen molar-refractivity contribution in [2.75, 3.05) is 37.7 Å². The number of hydrogen-bond acceptors (Lipinski definition) is 5. The van der Waals surface area contributed by atoms with Crippen LogP contribution in [-0.2, 0) is 9.84 Å². The summed E-state index contributed by atoms with van der Waals surface area (Å²) in [5, 5.41) is 3.34. The van der Waals surface area contributed by atoms with Gasteiger partial charge in [-0.05, 0) is 25.1 Å². The van der Waals surface area contributed by atoms with Crippen molar-refractivity contribution in [2.24, 2.45) is 0 Å². The van der Waals surface area contributed by atoms with E-state index >= 15 is 0 Å². The van der Waals surface area contributed by atoms with E-state index in [2.05, 4.69) is 15.2 Å². The molecule has 0 aliphatic carbocycles. The van der Waals surface area contributed by atoms with Crippen LogP contribution < -0.4 is 5.32 Å². The lowest BCUT2D eigenvalue weighted by atomic mass is 10.1. The van der Waals surface area contributed by atoms with E-state index in [-0.39, 0.29) is 23.4 Å². The summed E-state index contributed by atoms with van der Waals surface area (Å²) in [5.41, 5.74) is 0.822. The Labute approximate surface area is 125 Å². The van der Waals surface area contributed by atoms with Crippen LogP contribution in [0, 0.1) is 5.82 Å². The minimum atomic E-state index is -2.83. The fourth-order valence-electron chi connectivity index (χ4n) is 2.48. The molecule has 0 spiro atoms. The molecule has 1 atom stereocenters. The highest BCUT2D eigenvalue weighted by atomic mass is 32.2. The molecule has 0 radical (unpaired) electrons. The fourth-order valence-corrected chi connectivity index (χ4v) is 3.76. The zero-order chi connectivity index (χ0) is 15.3. The van der Waals surface area contributed by atoms with Crippen LogP contribution in [0.2, 0.25) is 0 Å². The van der Waals surface area contributed by atoms with Crippen LogP contribution in [0.15, 0.2) is 18.3 Å². The van der Waals surface area contributed by atoms with E-state index in [0.717, 1.165) is 25.2 Å². The number of rotatable bonds is 6. The van der Waals surface area contributed by atoms with Crippen molar-refractivity contribution in [3.63, 3.8) is 0 Å². The van der Waals surface area contributed by atoms with Gasteiger partial charge in [-0.25, -0.2) is 12.8 Å². The monoisotopic (exact) mass is 315 g/mol. The van der Waals surface area contributed by atoms with Gasteiger partial charge in [-0.3, -0.25) is 4.98 Å². The number of pyridine rings is 1. The molecular weight excluding hydrogens is 293 g/mol. The number of hydrogen-bond donors (Lipinski definition) is 1. The van der Waals surface area contributed by atoms with Gasteiger partial charge < -0.3 is 10.2 Å². The average molecular weight is 315 g/mol. The van der Waals surface area contributed by atoms with E-state index in [4.69, 9.17) is 0 Å². The first-order valence-electron chi connectivity index (χ1n) is 7.28. The summed E-state index contributed by atoms with van der Waals surface area (Å²) in [5.74, 6) is 0.150.